The predicted octanol–water partition coefficient (Wildman–Crippen LogP) is 1.26. The molecule has 0 unspecified atom stereocenters. The first-order valence-corrected chi connectivity index (χ1v) is 5.22. The molecule has 68 valence electrons. The van der Waals surface area contributed by atoms with Gasteiger partial charge in [0.25, 0.3) is 0 Å². The minimum atomic E-state index is 0.611. The Morgan fingerprint density at radius 1 is 1.33 bits per heavy atom. The molecule has 2 heteroatoms. The van der Waals surface area contributed by atoms with E-state index in [0.29, 0.717) is 12.2 Å². The fraction of sp³-hybridized carbons (Fsp3) is 1.00. The lowest BCUT2D eigenvalue weighted by Gasteiger charge is -2.30. The third-order valence-electron chi connectivity index (χ3n) is 3.49. The first kappa shape index (κ1) is 7.34. The minimum absolute atomic E-state index is 0.611. The highest BCUT2D eigenvalue weighted by atomic mass is 16.6. The van der Waals surface area contributed by atoms with Gasteiger partial charge in [-0.05, 0) is 32.1 Å². The summed E-state index contributed by atoms with van der Waals surface area (Å²) in [5.74, 6) is 1.03. The summed E-state index contributed by atoms with van der Waals surface area (Å²) in [6.07, 6.45) is 5.46. The van der Waals surface area contributed by atoms with Gasteiger partial charge in [0.2, 0.25) is 0 Å². The highest BCUT2D eigenvalue weighted by Gasteiger charge is 2.46. The number of fused-ring (bicyclic) bond motifs is 1. The summed E-state index contributed by atoms with van der Waals surface area (Å²) in [6, 6.07) is 0.773. The Kier molecular flexibility index (Phi) is 1.50. The van der Waals surface area contributed by atoms with Crippen LogP contribution in [-0.2, 0) is 4.74 Å². The van der Waals surface area contributed by atoms with Gasteiger partial charge in [0, 0.05) is 19.1 Å². The van der Waals surface area contributed by atoms with Crippen molar-refractivity contribution in [3.63, 3.8) is 0 Å². The highest BCUT2D eigenvalue weighted by Crippen LogP contribution is 2.37. The van der Waals surface area contributed by atoms with E-state index >= 15 is 0 Å². The van der Waals surface area contributed by atoms with E-state index in [1.807, 2.05) is 0 Å². The Morgan fingerprint density at radius 3 is 2.92 bits per heavy atom. The molecule has 2 nitrogen and oxygen atoms in total. The first-order chi connectivity index (χ1) is 5.83. The van der Waals surface area contributed by atoms with E-state index in [1.165, 1.54) is 32.4 Å². The molecule has 2 aliphatic heterocycles. The lowest BCUT2D eigenvalue weighted by atomic mass is 10.0. The van der Waals surface area contributed by atoms with Gasteiger partial charge in [-0.15, -0.1) is 0 Å². The van der Waals surface area contributed by atoms with Crippen LogP contribution >= 0.6 is 0 Å². The average molecular weight is 167 g/mol. The number of nitrogens with zero attached hydrogens (tertiary/aromatic N) is 1. The quantitative estimate of drug-likeness (QED) is 0.575. The van der Waals surface area contributed by atoms with Crippen LogP contribution in [0.15, 0.2) is 0 Å². The van der Waals surface area contributed by atoms with E-state index in [1.54, 1.807) is 0 Å². The average Bonchev–Trinajstić information content (AvgIpc) is 2.85. The summed E-state index contributed by atoms with van der Waals surface area (Å²) in [4.78, 5) is 2.63. The predicted molar refractivity (Wildman–Crippen MR) is 47.0 cm³/mol. The minimum Gasteiger partial charge on any atom is -0.368 e. The summed E-state index contributed by atoms with van der Waals surface area (Å²) in [7, 11) is 0. The zero-order valence-corrected chi connectivity index (χ0v) is 7.70. The molecular weight excluding hydrogens is 150 g/mol. The summed E-state index contributed by atoms with van der Waals surface area (Å²) >= 11 is 0. The van der Waals surface area contributed by atoms with Gasteiger partial charge in [-0.1, -0.05) is 0 Å². The Bertz CT molecular complexity index is 188. The van der Waals surface area contributed by atoms with Crippen LogP contribution in [0.3, 0.4) is 0 Å². The fourth-order valence-electron chi connectivity index (χ4n) is 2.33. The van der Waals surface area contributed by atoms with Gasteiger partial charge in [-0.2, -0.15) is 0 Å². The van der Waals surface area contributed by atoms with Crippen molar-refractivity contribution in [3.8, 4) is 0 Å². The molecule has 12 heavy (non-hydrogen) atoms. The van der Waals surface area contributed by atoms with Crippen molar-refractivity contribution in [2.24, 2.45) is 5.92 Å². The van der Waals surface area contributed by atoms with Crippen LogP contribution in [0.5, 0.6) is 0 Å². The summed E-state index contributed by atoms with van der Waals surface area (Å²) in [5, 5.41) is 0. The van der Waals surface area contributed by atoms with Gasteiger partial charge in [0.1, 0.15) is 0 Å². The molecule has 0 aromatic rings. The second-order valence-electron chi connectivity index (χ2n) is 4.69. The van der Waals surface area contributed by atoms with Crippen LogP contribution in [0.2, 0.25) is 0 Å². The summed E-state index contributed by atoms with van der Waals surface area (Å²) in [6.45, 7) is 4.90. The van der Waals surface area contributed by atoms with Gasteiger partial charge in [-0.3, -0.25) is 4.90 Å². The fourth-order valence-corrected chi connectivity index (χ4v) is 2.33. The molecule has 3 fully saturated rings. The zero-order chi connectivity index (χ0) is 8.13. The van der Waals surface area contributed by atoms with E-state index < -0.39 is 0 Å². The summed E-state index contributed by atoms with van der Waals surface area (Å²) in [5.41, 5.74) is 0. The number of hydrogen-bond acceptors (Lipinski definition) is 2. The lowest BCUT2D eigenvalue weighted by molar-refractivity contribution is 0.171. The molecule has 3 atom stereocenters. The Balaban J connectivity index is 1.59. The van der Waals surface area contributed by atoms with Crippen LogP contribution in [0.25, 0.3) is 0 Å². The molecule has 2 saturated heterocycles. The SMILES string of the molecule is C[C@@H]1C[C@H]2O[C@H]2CN1CC1CC1. The summed E-state index contributed by atoms with van der Waals surface area (Å²) < 4.78 is 5.54. The van der Waals surface area contributed by atoms with Crippen LogP contribution in [-0.4, -0.2) is 36.2 Å². The number of hydrogen-bond donors (Lipinski definition) is 0. The number of ether oxygens (including phenoxy) is 1. The normalized spacial score (nSPS) is 47.2. The molecule has 0 radical (unpaired) electrons. The van der Waals surface area contributed by atoms with Crippen LogP contribution in [0, 0.1) is 5.92 Å². The third kappa shape index (κ3) is 1.27. The topological polar surface area (TPSA) is 15.8 Å². The van der Waals surface area contributed by atoms with Crippen molar-refractivity contribution >= 4 is 0 Å². The molecule has 0 amide bonds. The smallest absolute Gasteiger partial charge is 0.0969 e. The molecule has 1 saturated carbocycles. The van der Waals surface area contributed by atoms with Crippen molar-refractivity contribution in [1.29, 1.82) is 0 Å². The largest absolute Gasteiger partial charge is 0.368 e. The van der Waals surface area contributed by atoms with Crippen molar-refractivity contribution in [2.45, 2.75) is 44.4 Å². The molecule has 0 aromatic carbocycles. The molecule has 3 rings (SSSR count). The third-order valence-corrected chi connectivity index (χ3v) is 3.49. The number of rotatable bonds is 2. The van der Waals surface area contributed by atoms with Crippen LogP contribution < -0.4 is 0 Å². The van der Waals surface area contributed by atoms with E-state index in [-0.39, 0.29) is 0 Å². The maximum absolute atomic E-state index is 5.54. The highest BCUT2D eigenvalue weighted by molar-refractivity contribution is 4.97. The van der Waals surface area contributed by atoms with Gasteiger partial charge < -0.3 is 4.74 Å². The van der Waals surface area contributed by atoms with Gasteiger partial charge in [0.15, 0.2) is 0 Å². The molecule has 0 spiro atoms. The lowest BCUT2D eigenvalue weighted by Crippen LogP contribution is -2.42. The molecule has 0 bridgehead atoms. The Morgan fingerprint density at radius 2 is 2.17 bits per heavy atom. The van der Waals surface area contributed by atoms with Crippen molar-refractivity contribution in [1.82, 2.24) is 4.90 Å². The Hall–Kier alpha value is -0.0800. The maximum atomic E-state index is 5.54. The molecule has 3 aliphatic rings. The Labute approximate surface area is 73.9 Å². The monoisotopic (exact) mass is 167 g/mol. The van der Waals surface area contributed by atoms with Gasteiger partial charge >= 0.3 is 0 Å². The van der Waals surface area contributed by atoms with Crippen molar-refractivity contribution in [2.75, 3.05) is 13.1 Å². The van der Waals surface area contributed by atoms with E-state index in [9.17, 15) is 0 Å². The molecule has 1 aliphatic carbocycles. The number of epoxide rings is 1. The molecule has 0 aromatic heterocycles. The standard InChI is InChI=1S/C10H17NO/c1-7-4-9-10(12-9)6-11(7)5-8-2-3-8/h7-10H,2-6H2,1H3/t7-,9-,10+/m1/s1. The maximum Gasteiger partial charge on any atom is 0.0969 e. The van der Waals surface area contributed by atoms with Crippen LogP contribution in [0.4, 0.5) is 0 Å². The van der Waals surface area contributed by atoms with Gasteiger partial charge in [0.05, 0.1) is 12.2 Å². The number of piperidine rings is 1. The zero-order valence-electron chi connectivity index (χ0n) is 7.70. The van der Waals surface area contributed by atoms with E-state index in [0.717, 1.165) is 12.0 Å². The second kappa shape index (κ2) is 2.46. The van der Waals surface area contributed by atoms with Crippen molar-refractivity contribution < 1.29 is 4.74 Å². The van der Waals surface area contributed by atoms with Crippen LogP contribution in [0.1, 0.15) is 26.2 Å². The molecule has 2 heterocycles. The first-order valence-electron chi connectivity index (χ1n) is 5.22. The molecule has 0 N–H and O–H groups in total. The molecular formula is C10H17NO. The second-order valence-corrected chi connectivity index (χ2v) is 4.69. The van der Waals surface area contributed by atoms with Crippen molar-refractivity contribution in [3.05, 3.63) is 0 Å². The van der Waals surface area contributed by atoms with Gasteiger partial charge in [-0.25, -0.2) is 0 Å². The number of likely N-dealkylation sites (tertiary alicyclic amines) is 1. The van der Waals surface area contributed by atoms with E-state index in [2.05, 4.69) is 11.8 Å². The van der Waals surface area contributed by atoms with E-state index in [4.69, 9.17) is 4.74 Å².